The number of amides is 1. The molecule has 0 aliphatic heterocycles. The predicted molar refractivity (Wildman–Crippen MR) is 118 cm³/mol. The zero-order chi connectivity index (χ0) is 20.6. The Kier molecular flexibility index (Phi) is 9.58. The maximum atomic E-state index is 11.9. The van der Waals surface area contributed by atoms with Gasteiger partial charge in [0.1, 0.15) is 5.60 Å². The Hall–Kier alpha value is -0.780. The van der Waals surface area contributed by atoms with Crippen molar-refractivity contribution in [2.24, 2.45) is 10.9 Å². The van der Waals surface area contributed by atoms with Crippen LogP contribution < -0.4 is 10.6 Å². The molecule has 0 aromatic carbocycles. The van der Waals surface area contributed by atoms with Crippen molar-refractivity contribution in [3.8, 4) is 0 Å². The van der Waals surface area contributed by atoms with E-state index in [1.807, 2.05) is 32.9 Å². The number of rotatable bonds is 7. The highest BCUT2D eigenvalue weighted by Gasteiger charge is 2.25. The highest BCUT2D eigenvalue weighted by Crippen LogP contribution is 2.26. The second-order valence-corrected chi connectivity index (χ2v) is 9.80. The summed E-state index contributed by atoms with van der Waals surface area (Å²) in [5.74, 6) is 0.723. The van der Waals surface area contributed by atoms with E-state index < -0.39 is 5.60 Å². The lowest BCUT2D eigenvalue weighted by Crippen LogP contribution is -2.41. The lowest BCUT2D eigenvalue weighted by molar-refractivity contribution is 0.0486. The van der Waals surface area contributed by atoms with Crippen LogP contribution in [0.15, 0.2) is 17.1 Å². The molecule has 7 heteroatoms. The van der Waals surface area contributed by atoms with Gasteiger partial charge in [-0.25, -0.2) is 4.79 Å². The molecule has 0 bridgehead atoms. The van der Waals surface area contributed by atoms with Crippen LogP contribution in [0.1, 0.15) is 59.3 Å². The molecule has 0 aromatic heterocycles. The minimum atomic E-state index is -0.443. The molecule has 2 rings (SSSR count). The number of alkyl carbamates (subject to hydrolysis) is 1. The number of nitrogens with one attached hydrogen (secondary N) is 2. The largest absolute Gasteiger partial charge is 0.444 e. The van der Waals surface area contributed by atoms with Gasteiger partial charge in [-0.05, 0) is 77.8 Å². The van der Waals surface area contributed by atoms with Crippen LogP contribution in [0.5, 0.6) is 0 Å². The monoisotopic (exact) mass is 431 g/mol. The van der Waals surface area contributed by atoms with Gasteiger partial charge in [-0.1, -0.05) is 6.08 Å². The fourth-order valence-electron chi connectivity index (χ4n) is 3.62. The van der Waals surface area contributed by atoms with Crippen LogP contribution in [0.2, 0.25) is 0 Å². The number of carbonyl (C=O) groups excluding carboxylic acids is 1. The van der Waals surface area contributed by atoms with E-state index in [4.69, 9.17) is 27.9 Å². The third kappa shape index (κ3) is 8.71. The van der Waals surface area contributed by atoms with E-state index in [9.17, 15) is 4.79 Å². The lowest BCUT2D eigenvalue weighted by atomic mass is 9.84. The summed E-state index contributed by atoms with van der Waals surface area (Å²) in [7, 11) is 0. The van der Waals surface area contributed by atoms with Gasteiger partial charge < -0.3 is 15.4 Å². The number of hydrogen-bond donors (Lipinski definition) is 2. The summed E-state index contributed by atoms with van der Waals surface area (Å²) in [5, 5.41) is 6.23. The van der Waals surface area contributed by atoms with Gasteiger partial charge in [-0.2, -0.15) is 0 Å². The molecular formula is C21H35Cl2N3O2. The van der Waals surface area contributed by atoms with E-state index in [2.05, 4.69) is 15.6 Å². The third-order valence-electron chi connectivity index (χ3n) is 5.13. The quantitative estimate of drug-likeness (QED) is 0.454. The first kappa shape index (κ1) is 23.5. The first-order valence-corrected chi connectivity index (χ1v) is 11.3. The molecule has 28 heavy (non-hydrogen) atoms. The Balaban J connectivity index is 1.54. The molecule has 1 amide bonds. The SMILES string of the molecule is CC(C)(C)OC(=O)NC1CCC(CCNCCN=C2C=CCC(Cl)C2Cl)CC1. The second kappa shape index (κ2) is 11.4. The van der Waals surface area contributed by atoms with E-state index >= 15 is 0 Å². The zero-order valence-corrected chi connectivity index (χ0v) is 18.9. The number of halogens is 2. The minimum Gasteiger partial charge on any atom is -0.444 e. The molecule has 160 valence electrons. The van der Waals surface area contributed by atoms with Crippen LogP contribution in [-0.2, 0) is 4.74 Å². The lowest BCUT2D eigenvalue weighted by Gasteiger charge is -2.30. The van der Waals surface area contributed by atoms with Crippen molar-refractivity contribution in [3.63, 3.8) is 0 Å². The smallest absolute Gasteiger partial charge is 0.407 e. The number of ether oxygens (including phenoxy) is 1. The van der Waals surface area contributed by atoms with Crippen molar-refractivity contribution >= 4 is 35.0 Å². The summed E-state index contributed by atoms with van der Waals surface area (Å²) in [6.45, 7) is 8.23. The molecular weight excluding hydrogens is 397 g/mol. The Labute approximate surface area is 179 Å². The van der Waals surface area contributed by atoms with Crippen LogP contribution >= 0.6 is 23.2 Å². The van der Waals surface area contributed by atoms with Crippen LogP contribution in [0.4, 0.5) is 4.79 Å². The number of aliphatic imine (C=N–C) groups is 1. The zero-order valence-electron chi connectivity index (χ0n) is 17.3. The highest BCUT2D eigenvalue weighted by atomic mass is 35.5. The molecule has 2 atom stereocenters. The molecule has 0 spiro atoms. The maximum absolute atomic E-state index is 11.9. The van der Waals surface area contributed by atoms with Crippen LogP contribution in [0.3, 0.4) is 0 Å². The van der Waals surface area contributed by atoms with Crippen molar-refractivity contribution in [3.05, 3.63) is 12.2 Å². The standard InChI is InChI=1S/C21H35Cl2N3O2/c1-21(2,3)28-20(27)26-16-9-7-15(8-10-16)11-12-24-13-14-25-18-6-4-5-17(22)19(18)23/h4,6,15-17,19,24H,5,7-14H2,1-3H3,(H,26,27). The van der Waals surface area contributed by atoms with Crippen molar-refractivity contribution in [1.82, 2.24) is 10.6 Å². The molecule has 0 radical (unpaired) electrons. The summed E-state index contributed by atoms with van der Waals surface area (Å²) >= 11 is 12.4. The fourth-order valence-corrected chi connectivity index (χ4v) is 4.10. The van der Waals surface area contributed by atoms with Gasteiger partial charge in [0.2, 0.25) is 0 Å². The average molecular weight is 432 g/mol. The number of nitrogens with zero attached hydrogens (tertiary/aromatic N) is 1. The summed E-state index contributed by atoms with van der Waals surface area (Å²) in [4.78, 5) is 16.4. The summed E-state index contributed by atoms with van der Waals surface area (Å²) in [5.41, 5.74) is 0.451. The highest BCUT2D eigenvalue weighted by molar-refractivity contribution is 6.40. The van der Waals surface area contributed by atoms with Crippen molar-refractivity contribution in [2.45, 2.75) is 81.7 Å². The van der Waals surface area contributed by atoms with E-state index in [1.54, 1.807) is 0 Å². The molecule has 2 aliphatic carbocycles. The average Bonchev–Trinajstić information content (AvgIpc) is 2.61. The first-order valence-electron chi connectivity index (χ1n) is 10.4. The maximum Gasteiger partial charge on any atom is 0.407 e. The van der Waals surface area contributed by atoms with E-state index in [0.29, 0.717) is 0 Å². The third-order valence-corrected chi connectivity index (χ3v) is 6.22. The van der Waals surface area contributed by atoms with Crippen molar-refractivity contribution in [2.75, 3.05) is 19.6 Å². The second-order valence-electron chi connectivity index (χ2n) is 8.76. The van der Waals surface area contributed by atoms with Gasteiger partial charge in [0, 0.05) is 12.6 Å². The van der Waals surface area contributed by atoms with Gasteiger partial charge in [-0.3, -0.25) is 4.99 Å². The fraction of sp³-hybridized carbons (Fsp3) is 0.810. The topological polar surface area (TPSA) is 62.7 Å². The normalized spacial score (nSPS) is 29.7. The first-order chi connectivity index (χ1) is 13.2. The molecule has 0 aromatic rings. The summed E-state index contributed by atoms with van der Waals surface area (Å²) < 4.78 is 5.34. The number of alkyl halides is 2. The van der Waals surface area contributed by atoms with Gasteiger partial charge in [0.25, 0.3) is 0 Å². The van der Waals surface area contributed by atoms with Gasteiger partial charge in [-0.15, -0.1) is 23.2 Å². The Morgan fingerprint density at radius 2 is 1.93 bits per heavy atom. The van der Waals surface area contributed by atoms with Gasteiger partial charge in [0.05, 0.1) is 23.0 Å². The van der Waals surface area contributed by atoms with Crippen LogP contribution in [-0.4, -0.2) is 53.8 Å². The van der Waals surface area contributed by atoms with Crippen molar-refractivity contribution < 1.29 is 9.53 Å². The number of hydrogen-bond acceptors (Lipinski definition) is 4. The number of allylic oxidation sites excluding steroid dienone is 2. The molecule has 2 N–H and O–H groups in total. The minimum absolute atomic E-state index is 0.0571. The molecule has 2 unspecified atom stereocenters. The summed E-state index contributed by atoms with van der Waals surface area (Å²) in [6.07, 6.45) is 10.1. The molecule has 5 nitrogen and oxygen atoms in total. The molecule has 1 saturated carbocycles. The molecule has 0 heterocycles. The molecule has 1 fully saturated rings. The van der Waals surface area contributed by atoms with Gasteiger partial charge >= 0.3 is 6.09 Å². The Morgan fingerprint density at radius 1 is 1.21 bits per heavy atom. The van der Waals surface area contributed by atoms with Crippen molar-refractivity contribution in [1.29, 1.82) is 0 Å². The van der Waals surface area contributed by atoms with Crippen LogP contribution in [0, 0.1) is 5.92 Å². The molecule has 0 saturated heterocycles. The van der Waals surface area contributed by atoms with Crippen LogP contribution in [0.25, 0.3) is 0 Å². The van der Waals surface area contributed by atoms with E-state index in [-0.39, 0.29) is 22.9 Å². The Morgan fingerprint density at radius 3 is 2.61 bits per heavy atom. The van der Waals surface area contributed by atoms with E-state index in [1.165, 1.54) is 0 Å². The molecule has 2 aliphatic rings. The Bertz CT molecular complexity index is 552. The van der Waals surface area contributed by atoms with Gasteiger partial charge in [0.15, 0.2) is 0 Å². The predicted octanol–water partition coefficient (Wildman–Crippen LogP) is 4.67. The number of carbonyl (C=O) groups is 1. The summed E-state index contributed by atoms with van der Waals surface area (Å²) in [6, 6.07) is 0.243. The van der Waals surface area contributed by atoms with E-state index in [0.717, 1.165) is 69.8 Å².